The van der Waals surface area contributed by atoms with Gasteiger partial charge in [0.05, 0.1) is 23.6 Å². The van der Waals surface area contributed by atoms with Gasteiger partial charge >= 0.3 is 29.6 Å². The average molecular weight is 311 g/mol. The Morgan fingerprint density at radius 3 is 2.14 bits per heavy atom. The third-order valence-corrected chi connectivity index (χ3v) is 3.64. The number of ether oxygens (including phenoxy) is 1. The first-order valence-corrected chi connectivity index (χ1v) is 7.01. The third-order valence-electron chi connectivity index (χ3n) is 2.78. The van der Waals surface area contributed by atoms with E-state index in [0.29, 0.717) is 16.7 Å². The summed E-state index contributed by atoms with van der Waals surface area (Å²) in [7, 11) is -3.32. The van der Waals surface area contributed by atoms with Gasteiger partial charge < -0.3 is 9.29 Å². The fraction of sp³-hybridized carbons (Fsp3) is 0.0714. The smallest absolute Gasteiger partial charge is 0.744 e. The molecule has 102 valence electrons. The van der Waals surface area contributed by atoms with Gasteiger partial charge in [-0.15, -0.1) is 0 Å². The summed E-state index contributed by atoms with van der Waals surface area (Å²) in [5, 5.41) is 8.73. The van der Waals surface area contributed by atoms with Crippen LogP contribution in [0.3, 0.4) is 0 Å². The van der Waals surface area contributed by atoms with Crippen LogP contribution in [0.15, 0.2) is 47.4 Å². The summed E-state index contributed by atoms with van der Waals surface area (Å²) >= 11 is 0. The van der Waals surface area contributed by atoms with Crippen molar-refractivity contribution >= 4 is 10.1 Å². The van der Waals surface area contributed by atoms with Crippen LogP contribution >= 0.6 is 0 Å². The molecule has 0 unspecified atom stereocenters. The van der Waals surface area contributed by atoms with Gasteiger partial charge in [0.2, 0.25) is 0 Å². The molecule has 0 bridgehead atoms. The second-order valence-electron chi connectivity index (χ2n) is 4.01. The topological polar surface area (TPSA) is 90.2 Å². The summed E-state index contributed by atoms with van der Waals surface area (Å²) < 4.78 is 38.5. The molecular formula is C14H10NNaO4S. The molecule has 0 aliphatic rings. The van der Waals surface area contributed by atoms with Crippen LogP contribution in [-0.4, -0.2) is 20.1 Å². The molecule has 0 saturated heterocycles. The monoisotopic (exact) mass is 311 g/mol. The molecule has 0 aliphatic carbocycles. The SMILES string of the molecule is COc1ccc(-c2ccc(C#N)cc2)cc1S(=O)(=O)[O-].[Na+]. The molecule has 21 heavy (non-hydrogen) atoms. The van der Waals surface area contributed by atoms with Crippen molar-refractivity contribution in [3.63, 3.8) is 0 Å². The number of nitrogens with zero attached hydrogens (tertiary/aromatic N) is 1. The Bertz CT molecular complexity index is 780. The number of rotatable bonds is 3. The van der Waals surface area contributed by atoms with E-state index >= 15 is 0 Å². The molecule has 0 saturated carbocycles. The maximum absolute atomic E-state index is 11.2. The van der Waals surface area contributed by atoms with Gasteiger partial charge in [-0.2, -0.15) is 5.26 Å². The largest absolute Gasteiger partial charge is 1.00 e. The van der Waals surface area contributed by atoms with E-state index in [1.807, 2.05) is 6.07 Å². The van der Waals surface area contributed by atoms with Crippen LogP contribution in [0.1, 0.15) is 5.56 Å². The average Bonchev–Trinajstić information content (AvgIpc) is 2.46. The molecule has 0 spiro atoms. The van der Waals surface area contributed by atoms with Gasteiger partial charge in [0.1, 0.15) is 15.9 Å². The van der Waals surface area contributed by atoms with Crippen LogP contribution in [0.5, 0.6) is 5.75 Å². The van der Waals surface area contributed by atoms with Crippen molar-refractivity contribution < 1.29 is 47.3 Å². The van der Waals surface area contributed by atoms with Crippen LogP contribution in [0, 0.1) is 11.3 Å². The van der Waals surface area contributed by atoms with Crippen molar-refractivity contribution in [1.82, 2.24) is 0 Å². The Labute approximate surface area is 145 Å². The predicted octanol–water partition coefficient (Wildman–Crippen LogP) is -0.858. The second kappa shape index (κ2) is 7.07. The first-order valence-electron chi connectivity index (χ1n) is 5.60. The van der Waals surface area contributed by atoms with E-state index in [4.69, 9.17) is 10.00 Å². The Hall–Kier alpha value is -1.36. The summed E-state index contributed by atoms with van der Waals surface area (Å²) in [6.45, 7) is 0. The van der Waals surface area contributed by atoms with E-state index in [0.717, 1.165) is 0 Å². The van der Waals surface area contributed by atoms with Gasteiger partial charge in [0.25, 0.3) is 0 Å². The minimum Gasteiger partial charge on any atom is -0.744 e. The molecule has 0 aliphatic heterocycles. The standard InChI is InChI=1S/C14H11NO4S.Na/c1-19-13-7-6-12(8-14(13)20(16,17)18)11-4-2-10(9-15)3-5-11;/h2-8H,1H3,(H,16,17,18);/q;+1/p-1. The molecule has 2 aromatic carbocycles. The zero-order valence-corrected chi connectivity index (χ0v) is 14.3. The van der Waals surface area contributed by atoms with Crippen LogP contribution in [-0.2, 0) is 10.1 Å². The van der Waals surface area contributed by atoms with E-state index in [9.17, 15) is 13.0 Å². The van der Waals surface area contributed by atoms with E-state index in [1.54, 1.807) is 30.3 Å². The first kappa shape index (κ1) is 17.7. The van der Waals surface area contributed by atoms with Crippen molar-refractivity contribution in [3.8, 4) is 22.9 Å². The van der Waals surface area contributed by atoms with Crippen molar-refractivity contribution in [2.24, 2.45) is 0 Å². The van der Waals surface area contributed by atoms with Gasteiger partial charge in [-0.3, -0.25) is 0 Å². The third kappa shape index (κ3) is 4.06. The zero-order chi connectivity index (χ0) is 14.8. The van der Waals surface area contributed by atoms with Gasteiger partial charge in [0, 0.05) is 0 Å². The summed E-state index contributed by atoms with van der Waals surface area (Å²) in [5.41, 5.74) is 1.76. The Kier molecular flexibility index (Phi) is 5.96. The molecule has 0 atom stereocenters. The van der Waals surface area contributed by atoms with Crippen LogP contribution in [0.25, 0.3) is 11.1 Å². The second-order valence-corrected chi connectivity index (χ2v) is 5.36. The van der Waals surface area contributed by atoms with Crippen LogP contribution in [0.2, 0.25) is 0 Å². The van der Waals surface area contributed by atoms with Gasteiger partial charge in [0.15, 0.2) is 0 Å². The molecule has 0 heterocycles. The van der Waals surface area contributed by atoms with Crippen molar-refractivity contribution in [2.75, 3.05) is 7.11 Å². The van der Waals surface area contributed by atoms with Crippen molar-refractivity contribution in [3.05, 3.63) is 48.0 Å². The minimum absolute atomic E-state index is 0. The molecule has 2 rings (SSSR count). The number of nitriles is 1. The quantitative estimate of drug-likeness (QED) is 0.543. The maximum atomic E-state index is 11.2. The van der Waals surface area contributed by atoms with Gasteiger partial charge in [-0.25, -0.2) is 8.42 Å². The fourth-order valence-electron chi connectivity index (χ4n) is 1.79. The number of hydrogen-bond acceptors (Lipinski definition) is 5. The molecule has 0 aromatic heterocycles. The predicted molar refractivity (Wildman–Crippen MR) is 71.1 cm³/mol. The summed E-state index contributed by atoms with van der Waals surface area (Å²) in [6.07, 6.45) is 0. The van der Waals surface area contributed by atoms with Crippen LogP contribution in [0.4, 0.5) is 0 Å². The summed E-state index contributed by atoms with van der Waals surface area (Å²) in [4.78, 5) is -0.401. The molecule has 0 radical (unpaired) electrons. The van der Waals surface area contributed by atoms with Gasteiger partial charge in [-0.05, 0) is 35.4 Å². The molecule has 2 aromatic rings. The van der Waals surface area contributed by atoms with E-state index < -0.39 is 15.0 Å². The summed E-state index contributed by atoms with van der Waals surface area (Å²) in [6, 6.07) is 12.9. The summed E-state index contributed by atoms with van der Waals surface area (Å²) in [5.74, 6) is 0.0115. The number of hydrogen-bond donors (Lipinski definition) is 0. The fourth-order valence-corrected chi connectivity index (χ4v) is 2.46. The maximum Gasteiger partial charge on any atom is 1.00 e. The zero-order valence-electron chi connectivity index (χ0n) is 11.5. The normalized spacial score (nSPS) is 10.3. The van der Waals surface area contributed by atoms with Crippen molar-refractivity contribution in [1.29, 1.82) is 5.26 Å². The number of methoxy groups -OCH3 is 1. The van der Waals surface area contributed by atoms with E-state index in [-0.39, 0.29) is 35.3 Å². The molecule has 5 nitrogen and oxygen atoms in total. The Morgan fingerprint density at radius 2 is 1.67 bits per heavy atom. The molecular weight excluding hydrogens is 301 g/mol. The van der Waals surface area contributed by atoms with E-state index in [1.165, 1.54) is 19.2 Å². The molecule has 0 fully saturated rings. The number of benzene rings is 2. The molecule has 7 heteroatoms. The Morgan fingerprint density at radius 1 is 1.10 bits per heavy atom. The molecule has 0 amide bonds. The van der Waals surface area contributed by atoms with Crippen molar-refractivity contribution in [2.45, 2.75) is 4.90 Å². The Balaban J connectivity index is 0.00000220. The van der Waals surface area contributed by atoms with Gasteiger partial charge in [-0.1, -0.05) is 18.2 Å². The minimum atomic E-state index is -4.62. The first-order chi connectivity index (χ1) is 9.45. The van der Waals surface area contributed by atoms with Crippen LogP contribution < -0.4 is 34.3 Å². The van der Waals surface area contributed by atoms with E-state index in [2.05, 4.69) is 0 Å². The molecule has 0 N–H and O–H groups in total.